The molecule has 3 aromatic heterocycles. The zero-order valence-electron chi connectivity index (χ0n) is 27.0. The number of imidazole rings is 1. The molecule has 1 aliphatic rings. The van der Waals surface area contributed by atoms with Crippen molar-refractivity contribution in [2.75, 3.05) is 25.0 Å². The highest BCUT2D eigenvalue weighted by molar-refractivity contribution is 5.83. The van der Waals surface area contributed by atoms with E-state index in [1.807, 2.05) is 31.4 Å². The Bertz CT molecular complexity index is 1700. The van der Waals surface area contributed by atoms with Gasteiger partial charge in [-0.15, -0.1) is 0 Å². The van der Waals surface area contributed by atoms with Crippen LogP contribution in [0.1, 0.15) is 83.3 Å². The number of anilines is 2. The lowest BCUT2D eigenvalue weighted by atomic mass is 9.87. The van der Waals surface area contributed by atoms with E-state index in [2.05, 4.69) is 37.1 Å². The van der Waals surface area contributed by atoms with E-state index in [9.17, 15) is 9.59 Å². The number of Topliss-reactive ketones (excluding diaryl/α,β-unsaturated/α-hetero) is 1. The van der Waals surface area contributed by atoms with Crippen molar-refractivity contribution in [1.29, 1.82) is 0 Å². The van der Waals surface area contributed by atoms with Crippen molar-refractivity contribution in [3.63, 3.8) is 0 Å². The predicted octanol–water partition coefficient (Wildman–Crippen LogP) is 6.87. The van der Waals surface area contributed by atoms with Gasteiger partial charge in [0.25, 0.3) is 0 Å². The van der Waals surface area contributed by atoms with Gasteiger partial charge in [0.2, 0.25) is 5.95 Å². The summed E-state index contributed by atoms with van der Waals surface area (Å²) in [5.74, 6) is -0.373. The standard InChI is InChI=1S/C34H41F2N7O3/c1-6-25(44)9-11-30(45)46-33(22-12-14-42(7-2)15-13-22)23-8-10-29(37-18-23)40-34-38-19-27(36)31(41-34)24-16-26(35)32-28(17-24)43(20(3)4)21(5)39-32/h8,10,16-20,22,33H,6-7,9,11-15H2,1-5H3,(H,37,38,40,41)/t33-/m1/s1. The van der Waals surface area contributed by atoms with Gasteiger partial charge >= 0.3 is 5.97 Å². The van der Waals surface area contributed by atoms with E-state index in [4.69, 9.17) is 4.74 Å². The van der Waals surface area contributed by atoms with E-state index < -0.39 is 23.7 Å². The Morgan fingerprint density at radius 3 is 2.43 bits per heavy atom. The molecule has 1 saturated heterocycles. The molecule has 1 N–H and O–H groups in total. The minimum Gasteiger partial charge on any atom is -0.457 e. The molecule has 12 heteroatoms. The summed E-state index contributed by atoms with van der Waals surface area (Å²) in [5.41, 5.74) is 1.73. The fourth-order valence-corrected chi connectivity index (χ4v) is 6.08. The molecule has 0 unspecified atom stereocenters. The molecule has 1 atom stereocenters. The highest BCUT2D eigenvalue weighted by Gasteiger charge is 2.31. The van der Waals surface area contributed by atoms with Crippen LogP contribution in [0, 0.1) is 24.5 Å². The maximum Gasteiger partial charge on any atom is 0.306 e. The van der Waals surface area contributed by atoms with Gasteiger partial charge in [0.15, 0.2) is 11.6 Å². The topological polar surface area (TPSA) is 115 Å². The maximum absolute atomic E-state index is 15.1. The highest BCUT2D eigenvalue weighted by Crippen LogP contribution is 2.35. The van der Waals surface area contributed by atoms with Crippen molar-refractivity contribution >= 4 is 34.6 Å². The molecule has 1 aliphatic heterocycles. The number of aryl methyl sites for hydroxylation is 1. The number of rotatable bonds is 12. The fourth-order valence-electron chi connectivity index (χ4n) is 6.08. The number of esters is 1. The van der Waals surface area contributed by atoms with Crippen LogP contribution < -0.4 is 5.32 Å². The second kappa shape index (κ2) is 14.4. The molecule has 1 aromatic carbocycles. The molecule has 1 fully saturated rings. The molecule has 4 heterocycles. The van der Waals surface area contributed by atoms with Crippen LogP contribution in [0.2, 0.25) is 0 Å². The summed E-state index contributed by atoms with van der Waals surface area (Å²) in [4.78, 5) is 44.2. The number of carbonyl (C=O) groups excluding carboxylic acids is 2. The summed E-state index contributed by atoms with van der Waals surface area (Å²) in [6.45, 7) is 12.5. The average Bonchev–Trinajstić information content (AvgIpc) is 3.40. The van der Waals surface area contributed by atoms with Gasteiger partial charge in [0, 0.05) is 42.1 Å². The molecule has 0 saturated carbocycles. The van der Waals surface area contributed by atoms with Gasteiger partial charge < -0.3 is 19.5 Å². The zero-order chi connectivity index (χ0) is 33.0. The van der Waals surface area contributed by atoms with E-state index in [0.717, 1.165) is 44.2 Å². The molecule has 46 heavy (non-hydrogen) atoms. The Kier molecular flexibility index (Phi) is 10.4. The van der Waals surface area contributed by atoms with Crippen LogP contribution in [0.3, 0.4) is 0 Å². The van der Waals surface area contributed by atoms with E-state index in [0.29, 0.717) is 23.6 Å². The SMILES string of the molecule is CCC(=O)CCC(=O)O[C@@H](c1ccc(Nc2ncc(F)c(-c3cc(F)c4nc(C)n(C(C)C)c4c3)n2)nc1)C1CCN(CC)CC1. The summed E-state index contributed by atoms with van der Waals surface area (Å²) in [5, 5.41) is 3.00. The summed E-state index contributed by atoms with van der Waals surface area (Å²) in [6.07, 6.45) is 4.53. The van der Waals surface area contributed by atoms with Crippen LogP contribution in [0.25, 0.3) is 22.3 Å². The maximum atomic E-state index is 15.1. The van der Waals surface area contributed by atoms with Gasteiger partial charge in [-0.2, -0.15) is 0 Å². The van der Waals surface area contributed by atoms with E-state index in [1.165, 1.54) is 6.07 Å². The van der Waals surface area contributed by atoms with Gasteiger partial charge in [-0.1, -0.05) is 19.9 Å². The third-order valence-corrected chi connectivity index (χ3v) is 8.58. The van der Waals surface area contributed by atoms with Gasteiger partial charge in [0.1, 0.15) is 34.7 Å². The minimum atomic E-state index is -0.695. The minimum absolute atomic E-state index is 0.0240. The van der Waals surface area contributed by atoms with Crippen molar-refractivity contribution in [2.24, 2.45) is 5.92 Å². The first kappa shape index (κ1) is 33.1. The first-order chi connectivity index (χ1) is 22.1. The molecule has 0 radical (unpaired) electrons. The predicted molar refractivity (Wildman–Crippen MR) is 172 cm³/mol. The lowest BCUT2D eigenvalue weighted by Crippen LogP contribution is -2.36. The molecule has 0 bridgehead atoms. The van der Waals surface area contributed by atoms with Crippen molar-refractivity contribution < 1.29 is 23.1 Å². The number of hydrogen-bond acceptors (Lipinski definition) is 9. The van der Waals surface area contributed by atoms with Crippen LogP contribution in [-0.2, 0) is 14.3 Å². The Morgan fingerprint density at radius 1 is 1.02 bits per heavy atom. The second-order valence-corrected chi connectivity index (χ2v) is 12.0. The number of hydrogen-bond donors (Lipinski definition) is 1. The highest BCUT2D eigenvalue weighted by atomic mass is 19.1. The number of carbonyl (C=O) groups is 2. The van der Waals surface area contributed by atoms with Crippen molar-refractivity contribution in [3.05, 3.63) is 59.7 Å². The van der Waals surface area contributed by atoms with Crippen LogP contribution in [0.5, 0.6) is 0 Å². The molecular weight excluding hydrogens is 592 g/mol. The van der Waals surface area contributed by atoms with Gasteiger partial charge in [0.05, 0.1) is 18.1 Å². The molecule has 4 aromatic rings. The van der Waals surface area contributed by atoms with E-state index in [1.54, 1.807) is 25.3 Å². The van der Waals surface area contributed by atoms with E-state index in [-0.39, 0.29) is 53.3 Å². The summed E-state index contributed by atoms with van der Waals surface area (Å²) in [7, 11) is 0. The molecule has 0 aliphatic carbocycles. The van der Waals surface area contributed by atoms with Crippen molar-refractivity contribution in [1.82, 2.24) is 29.4 Å². The smallest absolute Gasteiger partial charge is 0.306 e. The van der Waals surface area contributed by atoms with Crippen LogP contribution in [-0.4, -0.2) is 60.8 Å². The zero-order valence-corrected chi connectivity index (χ0v) is 27.0. The number of benzene rings is 1. The third kappa shape index (κ3) is 7.38. The number of pyridine rings is 1. The molecule has 0 amide bonds. The second-order valence-electron chi connectivity index (χ2n) is 12.0. The molecule has 0 spiro atoms. The quantitative estimate of drug-likeness (QED) is 0.167. The number of ether oxygens (including phenoxy) is 1. The van der Waals surface area contributed by atoms with E-state index >= 15 is 8.78 Å². The summed E-state index contributed by atoms with van der Waals surface area (Å²) >= 11 is 0. The molecule has 244 valence electrons. The number of likely N-dealkylation sites (tertiary alicyclic amines) is 1. The van der Waals surface area contributed by atoms with Crippen molar-refractivity contribution in [3.8, 4) is 11.3 Å². The average molecular weight is 634 g/mol. The largest absolute Gasteiger partial charge is 0.457 e. The fraction of sp³-hybridized carbons (Fsp3) is 0.471. The Morgan fingerprint density at radius 2 is 1.78 bits per heavy atom. The number of ketones is 1. The number of aromatic nitrogens is 5. The van der Waals surface area contributed by atoms with Crippen molar-refractivity contribution in [2.45, 2.75) is 78.9 Å². The van der Waals surface area contributed by atoms with Crippen LogP contribution in [0.15, 0.2) is 36.7 Å². The molecule has 10 nitrogen and oxygen atoms in total. The number of fused-ring (bicyclic) bond motifs is 1. The lowest BCUT2D eigenvalue weighted by Gasteiger charge is -2.35. The Labute approximate surface area is 267 Å². The monoisotopic (exact) mass is 633 g/mol. The first-order valence-electron chi connectivity index (χ1n) is 15.9. The van der Waals surface area contributed by atoms with Gasteiger partial charge in [-0.3, -0.25) is 9.59 Å². The van der Waals surface area contributed by atoms with Crippen LogP contribution >= 0.6 is 0 Å². The Balaban J connectivity index is 1.37. The number of halogens is 2. The number of piperidine rings is 1. The van der Waals surface area contributed by atoms with Gasteiger partial charge in [-0.25, -0.2) is 28.7 Å². The normalized spacial score (nSPS) is 15.0. The number of nitrogens with zero attached hydrogens (tertiary/aromatic N) is 6. The third-order valence-electron chi connectivity index (χ3n) is 8.58. The van der Waals surface area contributed by atoms with Gasteiger partial charge in [-0.05, 0) is 71.4 Å². The Hall–Kier alpha value is -4.32. The number of nitrogens with one attached hydrogen (secondary N) is 1. The van der Waals surface area contributed by atoms with Crippen LogP contribution in [0.4, 0.5) is 20.5 Å². The molecule has 5 rings (SSSR count). The lowest BCUT2D eigenvalue weighted by molar-refractivity contribution is -0.154. The summed E-state index contributed by atoms with van der Waals surface area (Å²) < 4.78 is 38.0. The summed E-state index contributed by atoms with van der Waals surface area (Å²) in [6, 6.07) is 6.50. The molecular formula is C34H41F2N7O3. The first-order valence-corrected chi connectivity index (χ1v) is 15.9.